The highest BCUT2D eigenvalue weighted by Crippen LogP contribution is 2.25. The zero-order valence-electron chi connectivity index (χ0n) is 10.9. The van der Waals surface area contributed by atoms with Crippen LogP contribution in [0.2, 0.25) is 0 Å². The Morgan fingerprint density at radius 2 is 2.26 bits per heavy atom. The fourth-order valence-corrected chi connectivity index (χ4v) is 2.17. The number of benzene rings is 1. The Labute approximate surface area is 112 Å². The smallest absolute Gasteiger partial charge is 0.322 e. The maximum Gasteiger partial charge on any atom is 0.322 e. The average Bonchev–Trinajstić information content (AvgIpc) is 2.31. The summed E-state index contributed by atoms with van der Waals surface area (Å²) in [4.78, 5) is 14.0. The lowest BCUT2D eigenvalue weighted by atomic mass is 9.91. The molecule has 0 radical (unpaired) electrons. The molecule has 4 nitrogen and oxygen atoms in total. The van der Waals surface area contributed by atoms with E-state index in [0.717, 1.165) is 25.7 Å². The Bertz CT molecular complexity index is 434. The van der Waals surface area contributed by atoms with Gasteiger partial charge in [0, 0.05) is 18.3 Å². The van der Waals surface area contributed by atoms with E-state index in [1.54, 1.807) is 12.1 Å². The van der Waals surface area contributed by atoms with Crippen LogP contribution < -0.4 is 11.1 Å². The van der Waals surface area contributed by atoms with Crippen LogP contribution in [-0.2, 0) is 0 Å². The van der Waals surface area contributed by atoms with Crippen molar-refractivity contribution in [1.29, 1.82) is 0 Å². The zero-order valence-corrected chi connectivity index (χ0v) is 10.9. The van der Waals surface area contributed by atoms with Crippen molar-refractivity contribution in [1.82, 2.24) is 4.90 Å². The molecule has 2 amide bonds. The summed E-state index contributed by atoms with van der Waals surface area (Å²) in [5, 5.41) is 2.75. The van der Waals surface area contributed by atoms with E-state index in [2.05, 4.69) is 5.32 Å². The van der Waals surface area contributed by atoms with Gasteiger partial charge in [-0.15, -0.1) is 0 Å². The molecule has 0 saturated heterocycles. The SMILES string of the molecule is NCCCN(C(=O)Nc1cccc(F)c1)C1CCC1. The molecule has 104 valence electrons. The molecule has 0 bridgehead atoms. The van der Waals surface area contributed by atoms with Crippen LogP contribution in [0.25, 0.3) is 0 Å². The van der Waals surface area contributed by atoms with E-state index < -0.39 is 0 Å². The number of rotatable bonds is 5. The van der Waals surface area contributed by atoms with Crippen LogP contribution in [0.3, 0.4) is 0 Å². The summed E-state index contributed by atoms with van der Waals surface area (Å²) in [5.74, 6) is -0.352. The molecule has 1 aromatic carbocycles. The van der Waals surface area contributed by atoms with Gasteiger partial charge >= 0.3 is 6.03 Å². The zero-order chi connectivity index (χ0) is 13.7. The summed E-state index contributed by atoms with van der Waals surface area (Å²) in [6, 6.07) is 6.08. The number of nitrogens with two attached hydrogens (primary N) is 1. The number of hydrogen-bond donors (Lipinski definition) is 2. The molecular formula is C14H20FN3O. The van der Waals surface area contributed by atoms with Crippen molar-refractivity contribution in [3.63, 3.8) is 0 Å². The standard InChI is InChI=1S/C14H20FN3O/c15-11-4-1-5-12(10-11)17-14(19)18(9-3-8-16)13-6-2-7-13/h1,4-5,10,13H,2-3,6-9,16H2,(H,17,19). The highest BCUT2D eigenvalue weighted by atomic mass is 19.1. The summed E-state index contributed by atoms with van der Waals surface area (Å²) in [6.45, 7) is 1.22. The second-order valence-corrected chi connectivity index (χ2v) is 4.86. The number of urea groups is 1. The van der Waals surface area contributed by atoms with E-state index >= 15 is 0 Å². The van der Waals surface area contributed by atoms with Crippen molar-refractivity contribution in [2.75, 3.05) is 18.4 Å². The van der Waals surface area contributed by atoms with Crippen LogP contribution in [0.5, 0.6) is 0 Å². The topological polar surface area (TPSA) is 58.4 Å². The maximum atomic E-state index is 13.1. The molecule has 0 heterocycles. The predicted molar refractivity (Wildman–Crippen MR) is 73.4 cm³/mol. The molecule has 2 rings (SSSR count). The van der Waals surface area contributed by atoms with E-state index in [4.69, 9.17) is 5.73 Å². The van der Waals surface area contributed by atoms with Gasteiger partial charge in [-0.2, -0.15) is 0 Å². The first-order valence-corrected chi connectivity index (χ1v) is 6.74. The second kappa shape index (κ2) is 6.52. The van der Waals surface area contributed by atoms with E-state index in [9.17, 15) is 9.18 Å². The average molecular weight is 265 g/mol. The minimum absolute atomic E-state index is 0.163. The maximum absolute atomic E-state index is 13.1. The molecule has 1 fully saturated rings. The fourth-order valence-electron chi connectivity index (χ4n) is 2.17. The number of carbonyl (C=O) groups excluding carboxylic acids is 1. The van der Waals surface area contributed by atoms with Crippen LogP contribution in [-0.4, -0.2) is 30.1 Å². The van der Waals surface area contributed by atoms with Crippen molar-refractivity contribution < 1.29 is 9.18 Å². The normalized spacial score (nSPS) is 14.8. The van der Waals surface area contributed by atoms with Gasteiger partial charge in [-0.05, 0) is 50.4 Å². The van der Waals surface area contributed by atoms with Gasteiger partial charge in [0.25, 0.3) is 0 Å². The molecule has 5 heteroatoms. The lowest BCUT2D eigenvalue weighted by molar-refractivity contribution is 0.148. The Morgan fingerprint density at radius 1 is 1.47 bits per heavy atom. The third-order valence-corrected chi connectivity index (χ3v) is 3.46. The molecule has 19 heavy (non-hydrogen) atoms. The summed E-state index contributed by atoms with van der Waals surface area (Å²) in [7, 11) is 0. The number of anilines is 1. The molecule has 1 aromatic rings. The first-order valence-electron chi connectivity index (χ1n) is 6.74. The molecule has 0 aromatic heterocycles. The molecule has 1 saturated carbocycles. The molecule has 0 spiro atoms. The van der Waals surface area contributed by atoms with Crippen molar-refractivity contribution in [2.45, 2.75) is 31.7 Å². The Hall–Kier alpha value is -1.62. The van der Waals surface area contributed by atoms with Gasteiger partial charge in [-0.3, -0.25) is 0 Å². The largest absolute Gasteiger partial charge is 0.330 e. The fraction of sp³-hybridized carbons (Fsp3) is 0.500. The van der Waals surface area contributed by atoms with Gasteiger partial charge in [-0.1, -0.05) is 6.07 Å². The number of nitrogens with zero attached hydrogens (tertiary/aromatic N) is 1. The molecule has 0 aliphatic heterocycles. The van der Waals surface area contributed by atoms with Gasteiger partial charge < -0.3 is 16.0 Å². The predicted octanol–water partition coefficient (Wildman–Crippen LogP) is 2.56. The summed E-state index contributed by atoms with van der Waals surface area (Å²) >= 11 is 0. The summed E-state index contributed by atoms with van der Waals surface area (Å²) in [6.07, 6.45) is 4.03. The van der Waals surface area contributed by atoms with Crippen molar-refractivity contribution in [2.24, 2.45) is 5.73 Å². The number of hydrogen-bond acceptors (Lipinski definition) is 2. The van der Waals surface area contributed by atoms with Crippen LogP contribution in [0, 0.1) is 5.82 Å². The van der Waals surface area contributed by atoms with Crippen LogP contribution in [0.4, 0.5) is 14.9 Å². The van der Waals surface area contributed by atoms with E-state index in [0.29, 0.717) is 24.8 Å². The van der Waals surface area contributed by atoms with Crippen molar-refractivity contribution in [3.05, 3.63) is 30.1 Å². The summed E-state index contributed by atoms with van der Waals surface area (Å²) < 4.78 is 13.1. The molecule has 0 unspecified atom stereocenters. The first-order chi connectivity index (χ1) is 9.20. The Balaban J connectivity index is 1.98. The van der Waals surface area contributed by atoms with E-state index in [1.807, 2.05) is 4.90 Å². The van der Waals surface area contributed by atoms with Crippen molar-refractivity contribution >= 4 is 11.7 Å². The molecule has 1 aliphatic carbocycles. The Morgan fingerprint density at radius 3 is 2.84 bits per heavy atom. The number of nitrogens with one attached hydrogen (secondary N) is 1. The molecule has 3 N–H and O–H groups in total. The first kappa shape index (κ1) is 13.8. The minimum atomic E-state index is -0.352. The molecule has 1 aliphatic rings. The van der Waals surface area contributed by atoms with E-state index in [-0.39, 0.29) is 11.8 Å². The highest BCUT2D eigenvalue weighted by Gasteiger charge is 2.28. The van der Waals surface area contributed by atoms with Gasteiger partial charge in [0.2, 0.25) is 0 Å². The number of amides is 2. The van der Waals surface area contributed by atoms with Gasteiger partial charge in [0.1, 0.15) is 5.82 Å². The molecule has 0 atom stereocenters. The second-order valence-electron chi connectivity index (χ2n) is 4.86. The van der Waals surface area contributed by atoms with Gasteiger partial charge in [0.15, 0.2) is 0 Å². The van der Waals surface area contributed by atoms with E-state index in [1.165, 1.54) is 12.1 Å². The number of carbonyl (C=O) groups is 1. The minimum Gasteiger partial charge on any atom is -0.330 e. The molecular weight excluding hydrogens is 245 g/mol. The third-order valence-electron chi connectivity index (χ3n) is 3.46. The lowest BCUT2D eigenvalue weighted by Gasteiger charge is -2.37. The number of halogens is 1. The monoisotopic (exact) mass is 265 g/mol. The van der Waals surface area contributed by atoms with Crippen molar-refractivity contribution in [3.8, 4) is 0 Å². The van der Waals surface area contributed by atoms with Crippen LogP contribution in [0.1, 0.15) is 25.7 Å². The summed E-state index contributed by atoms with van der Waals surface area (Å²) in [5.41, 5.74) is 5.99. The third kappa shape index (κ3) is 3.67. The van der Waals surface area contributed by atoms with Crippen LogP contribution >= 0.6 is 0 Å². The van der Waals surface area contributed by atoms with Gasteiger partial charge in [-0.25, -0.2) is 9.18 Å². The lowest BCUT2D eigenvalue weighted by Crippen LogP contribution is -2.47. The van der Waals surface area contributed by atoms with Crippen LogP contribution in [0.15, 0.2) is 24.3 Å². The van der Waals surface area contributed by atoms with Gasteiger partial charge in [0.05, 0.1) is 0 Å². The quantitative estimate of drug-likeness (QED) is 0.859. The Kier molecular flexibility index (Phi) is 4.74. The highest BCUT2D eigenvalue weighted by molar-refractivity contribution is 5.89.